The van der Waals surface area contributed by atoms with Crippen molar-refractivity contribution in [3.8, 4) is 17.3 Å². The first-order valence-corrected chi connectivity index (χ1v) is 11.2. The van der Waals surface area contributed by atoms with Crippen molar-refractivity contribution in [2.75, 3.05) is 18.0 Å². The molecule has 0 aliphatic carbocycles. The van der Waals surface area contributed by atoms with Crippen molar-refractivity contribution in [2.24, 2.45) is 5.92 Å². The highest BCUT2D eigenvalue weighted by Crippen LogP contribution is 2.35. The molecule has 5 heterocycles. The molecule has 2 unspecified atom stereocenters. The molecule has 170 valence electrons. The predicted octanol–water partition coefficient (Wildman–Crippen LogP) is 3.44. The molecule has 0 radical (unpaired) electrons. The van der Waals surface area contributed by atoms with Gasteiger partial charge in [-0.05, 0) is 18.6 Å². The second-order valence-corrected chi connectivity index (χ2v) is 8.52. The van der Waals surface area contributed by atoms with Gasteiger partial charge in [-0.1, -0.05) is 12.1 Å². The van der Waals surface area contributed by atoms with E-state index in [4.69, 9.17) is 4.42 Å². The van der Waals surface area contributed by atoms with E-state index in [1.54, 1.807) is 6.20 Å². The second-order valence-electron chi connectivity index (χ2n) is 8.52. The zero-order chi connectivity index (χ0) is 23.1. The summed E-state index contributed by atoms with van der Waals surface area (Å²) in [6.07, 6.45) is 8.38. The summed E-state index contributed by atoms with van der Waals surface area (Å²) in [6.45, 7) is 1.39. The van der Waals surface area contributed by atoms with Gasteiger partial charge in [0.1, 0.15) is 17.5 Å². The van der Waals surface area contributed by atoms with Crippen LogP contribution in [0.15, 0.2) is 53.6 Å². The Balaban J connectivity index is 1.26. The van der Waals surface area contributed by atoms with Crippen LogP contribution in [0.1, 0.15) is 24.4 Å². The third-order valence-corrected chi connectivity index (χ3v) is 6.56. The number of nitriles is 1. The van der Waals surface area contributed by atoms with E-state index in [1.165, 1.54) is 6.33 Å². The third kappa shape index (κ3) is 3.38. The molecule has 2 N–H and O–H groups in total. The first-order valence-electron chi connectivity index (χ1n) is 11.2. The van der Waals surface area contributed by atoms with E-state index in [1.807, 2.05) is 41.3 Å². The summed E-state index contributed by atoms with van der Waals surface area (Å²) < 4.78 is 7.91. The second kappa shape index (κ2) is 8.28. The molecular weight excluding hydrogens is 432 g/mol. The van der Waals surface area contributed by atoms with Crippen LogP contribution in [0.3, 0.4) is 0 Å². The van der Waals surface area contributed by atoms with Crippen LogP contribution in [0.2, 0.25) is 0 Å². The van der Waals surface area contributed by atoms with Gasteiger partial charge in [-0.15, -0.1) is 0 Å². The molecular formula is C24H22N8O2. The molecule has 1 aromatic carbocycles. The fourth-order valence-electron chi connectivity index (χ4n) is 4.84. The van der Waals surface area contributed by atoms with Crippen LogP contribution < -0.4 is 4.90 Å². The lowest BCUT2D eigenvalue weighted by Crippen LogP contribution is -2.25. The van der Waals surface area contributed by atoms with Crippen LogP contribution in [0.4, 0.5) is 6.01 Å². The highest BCUT2D eigenvalue weighted by Gasteiger charge is 2.33. The van der Waals surface area contributed by atoms with Crippen molar-refractivity contribution in [1.82, 2.24) is 29.7 Å². The average Bonchev–Trinajstić information content (AvgIpc) is 3.67. The number of hydrogen-bond acceptors (Lipinski definition) is 8. The number of fused-ring (bicyclic) bond motifs is 2. The smallest absolute Gasteiger partial charge is 0.298 e. The number of rotatable bonds is 6. The molecule has 6 rings (SSSR count). The number of aliphatic hydroxyl groups excluding tert-OH is 1. The van der Waals surface area contributed by atoms with Crippen molar-refractivity contribution in [2.45, 2.75) is 25.5 Å². The zero-order valence-corrected chi connectivity index (χ0v) is 18.3. The van der Waals surface area contributed by atoms with Gasteiger partial charge in [0.2, 0.25) is 0 Å². The number of hydrogen-bond donors (Lipinski definition) is 2. The number of aliphatic hydroxyl groups is 1. The van der Waals surface area contributed by atoms with Gasteiger partial charge < -0.3 is 19.4 Å². The zero-order valence-electron chi connectivity index (χ0n) is 18.3. The normalized spacial score (nSPS) is 16.9. The van der Waals surface area contributed by atoms with E-state index in [2.05, 4.69) is 36.0 Å². The number of nitrogens with zero attached hydrogens (tertiary/aromatic N) is 7. The van der Waals surface area contributed by atoms with Crippen molar-refractivity contribution in [1.29, 1.82) is 5.26 Å². The van der Waals surface area contributed by atoms with Crippen molar-refractivity contribution in [3.05, 3.63) is 54.7 Å². The summed E-state index contributed by atoms with van der Waals surface area (Å²) >= 11 is 0. The molecule has 0 bridgehead atoms. The number of nitrogens with one attached hydrogen (secondary N) is 1. The monoisotopic (exact) mass is 454 g/mol. The highest BCUT2D eigenvalue weighted by atomic mass is 16.4. The standard InChI is InChI=1S/C24H22N8O2/c25-7-4-20(32-12-17(10-29-32)21-18-5-8-26-23(18)28-14-27-21)15-6-9-31(11-15)24-30-19-3-1-2-16(13-33)22(19)34-24/h1-3,5,8,10,12,14-15,20,33H,4,6,9,11,13H2,(H,26,27,28). The quantitative estimate of drug-likeness (QED) is 0.399. The topological polar surface area (TPSA) is 133 Å². The molecule has 34 heavy (non-hydrogen) atoms. The number of oxazole rings is 1. The molecule has 4 aromatic heterocycles. The number of H-pyrrole nitrogens is 1. The van der Waals surface area contributed by atoms with Gasteiger partial charge in [0.15, 0.2) is 5.58 Å². The van der Waals surface area contributed by atoms with Gasteiger partial charge in [0.05, 0.1) is 37.0 Å². The average molecular weight is 454 g/mol. The number of benzene rings is 1. The van der Waals surface area contributed by atoms with Crippen LogP contribution in [-0.2, 0) is 6.61 Å². The Kier molecular flexibility index (Phi) is 4.96. The van der Waals surface area contributed by atoms with Crippen LogP contribution >= 0.6 is 0 Å². The molecule has 1 fully saturated rings. The summed E-state index contributed by atoms with van der Waals surface area (Å²) in [5.74, 6) is 0.206. The molecule has 5 aromatic rings. The van der Waals surface area contributed by atoms with Gasteiger partial charge in [-0.25, -0.2) is 9.97 Å². The Morgan fingerprint density at radius 3 is 3.12 bits per heavy atom. The first-order chi connectivity index (χ1) is 16.7. The minimum Gasteiger partial charge on any atom is -0.423 e. The summed E-state index contributed by atoms with van der Waals surface area (Å²) in [5.41, 5.74) is 4.55. The molecule has 10 nitrogen and oxygen atoms in total. The Morgan fingerprint density at radius 2 is 2.24 bits per heavy atom. The number of aromatic amines is 1. The maximum absolute atomic E-state index is 9.59. The first kappa shape index (κ1) is 20.4. The van der Waals surface area contributed by atoms with E-state index >= 15 is 0 Å². The van der Waals surface area contributed by atoms with Gasteiger partial charge >= 0.3 is 0 Å². The van der Waals surface area contributed by atoms with Crippen molar-refractivity contribution in [3.63, 3.8) is 0 Å². The summed E-state index contributed by atoms with van der Waals surface area (Å²) in [4.78, 5) is 18.5. The van der Waals surface area contributed by atoms with E-state index in [0.29, 0.717) is 24.6 Å². The van der Waals surface area contributed by atoms with Gasteiger partial charge in [-0.3, -0.25) is 4.68 Å². The maximum Gasteiger partial charge on any atom is 0.298 e. The van der Waals surface area contributed by atoms with Crippen LogP contribution in [0, 0.1) is 17.2 Å². The molecule has 1 saturated heterocycles. The van der Waals surface area contributed by atoms with Crippen LogP contribution in [-0.4, -0.2) is 47.9 Å². The molecule has 1 aliphatic rings. The molecule has 10 heteroatoms. The third-order valence-electron chi connectivity index (χ3n) is 6.56. The van der Waals surface area contributed by atoms with Crippen LogP contribution in [0.25, 0.3) is 33.4 Å². The molecule has 0 amide bonds. The van der Waals surface area contributed by atoms with E-state index in [9.17, 15) is 10.4 Å². The van der Waals surface area contributed by atoms with E-state index in [0.717, 1.165) is 46.3 Å². The van der Waals surface area contributed by atoms with Gasteiger partial charge in [0.25, 0.3) is 6.01 Å². The molecule has 1 aliphatic heterocycles. The minimum absolute atomic E-state index is 0.0790. The fraction of sp³-hybridized carbons (Fsp3) is 0.292. The van der Waals surface area contributed by atoms with Crippen molar-refractivity contribution < 1.29 is 9.52 Å². The lowest BCUT2D eigenvalue weighted by molar-refractivity contribution is 0.281. The summed E-state index contributed by atoms with van der Waals surface area (Å²) in [5, 5.41) is 24.7. The lowest BCUT2D eigenvalue weighted by atomic mass is 9.96. The molecule has 0 spiro atoms. The fourth-order valence-corrected chi connectivity index (χ4v) is 4.84. The lowest BCUT2D eigenvalue weighted by Gasteiger charge is -2.22. The van der Waals surface area contributed by atoms with E-state index < -0.39 is 0 Å². The number of para-hydroxylation sites is 1. The number of aromatic nitrogens is 6. The van der Waals surface area contributed by atoms with Crippen LogP contribution in [0.5, 0.6) is 0 Å². The van der Waals surface area contributed by atoms with E-state index in [-0.39, 0.29) is 18.6 Å². The minimum atomic E-state index is -0.0954. The van der Waals surface area contributed by atoms with Gasteiger partial charge in [0, 0.05) is 47.9 Å². The molecule has 2 atom stereocenters. The largest absolute Gasteiger partial charge is 0.423 e. The SMILES string of the molecule is N#CCC(C1CCN(c2nc3cccc(CO)c3o2)C1)n1cc(-c2ncnc3[nH]ccc23)cn1. The Labute approximate surface area is 194 Å². The Morgan fingerprint density at radius 1 is 1.29 bits per heavy atom. The Bertz CT molecular complexity index is 1510. The summed E-state index contributed by atoms with van der Waals surface area (Å²) in [6, 6.07) is 10.3. The summed E-state index contributed by atoms with van der Waals surface area (Å²) in [7, 11) is 0. The maximum atomic E-state index is 9.59. The van der Waals surface area contributed by atoms with Gasteiger partial charge in [-0.2, -0.15) is 15.3 Å². The predicted molar refractivity (Wildman–Crippen MR) is 125 cm³/mol. The number of anilines is 1. The Hall–Kier alpha value is -4.23. The van der Waals surface area contributed by atoms with Crippen molar-refractivity contribution >= 4 is 28.1 Å². The molecule has 0 saturated carbocycles. The highest BCUT2D eigenvalue weighted by molar-refractivity contribution is 5.90.